The third-order valence-corrected chi connectivity index (χ3v) is 3.08. The van der Waals surface area contributed by atoms with Gasteiger partial charge in [-0.15, -0.1) is 0 Å². The van der Waals surface area contributed by atoms with Gasteiger partial charge in [-0.2, -0.15) is 5.10 Å². The quantitative estimate of drug-likeness (QED) is 0.660. The summed E-state index contributed by atoms with van der Waals surface area (Å²) in [5, 5.41) is 11.5. The molecule has 0 aromatic carbocycles. The largest absolute Gasteiger partial charge is 0.315 e. The molecule has 0 fully saturated rings. The van der Waals surface area contributed by atoms with Crippen molar-refractivity contribution in [1.29, 1.82) is 0 Å². The van der Waals surface area contributed by atoms with E-state index in [1.807, 2.05) is 0 Å². The summed E-state index contributed by atoms with van der Waals surface area (Å²) < 4.78 is 2.10. The Labute approximate surface area is 111 Å². The molecule has 0 aliphatic heterocycles. The zero-order valence-corrected chi connectivity index (χ0v) is 12.3. The van der Waals surface area contributed by atoms with E-state index in [4.69, 9.17) is 0 Å². The van der Waals surface area contributed by atoms with Gasteiger partial charge in [0.25, 0.3) is 0 Å². The molecule has 1 aromatic rings. The molecule has 0 radical (unpaired) electrons. The van der Waals surface area contributed by atoms with Crippen LogP contribution < -0.4 is 10.6 Å². The second kappa shape index (κ2) is 8.27. The van der Waals surface area contributed by atoms with E-state index in [-0.39, 0.29) is 0 Å². The van der Waals surface area contributed by atoms with E-state index in [1.165, 1.54) is 17.8 Å². The number of aryl methyl sites for hydroxylation is 2. The number of nitrogens with one attached hydrogen (secondary N) is 2. The molecule has 1 atom stereocenters. The molecule has 18 heavy (non-hydrogen) atoms. The van der Waals surface area contributed by atoms with Gasteiger partial charge in [0.05, 0.1) is 11.4 Å². The van der Waals surface area contributed by atoms with Crippen LogP contribution in [0, 0.1) is 0 Å². The molecule has 1 heterocycles. The van der Waals surface area contributed by atoms with E-state index >= 15 is 0 Å². The van der Waals surface area contributed by atoms with Gasteiger partial charge in [-0.25, -0.2) is 0 Å². The monoisotopic (exact) mass is 252 g/mol. The summed E-state index contributed by atoms with van der Waals surface area (Å²) in [5.41, 5.74) is 2.47. The summed E-state index contributed by atoms with van der Waals surface area (Å²) in [7, 11) is 0. The molecular weight excluding hydrogens is 224 g/mol. The lowest BCUT2D eigenvalue weighted by atomic mass is 10.2. The summed E-state index contributed by atoms with van der Waals surface area (Å²) >= 11 is 0. The molecule has 4 nitrogen and oxygen atoms in total. The van der Waals surface area contributed by atoms with Gasteiger partial charge >= 0.3 is 0 Å². The molecule has 0 aliphatic rings. The Bertz CT molecular complexity index is 333. The Kier molecular flexibility index (Phi) is 6.98. The maximum absolute atomic E-state index is 4.56. The lowest BCUT2D eigenvalue weighted by Gasteiger charge is -2.14. The average Bonchev–Trinajstić information content (AvgIpc) is 2.79. The molecule has 0 spiro atoms. The standard InChI is InChI=1S/C14H28N4/c1-5-8-15-10-12(4)16-11-14-9-13(6-2)17-18(14)7-3/h9,12,15-16H,5-8,10-11H2,1-4H3. The zero-order chi connectivity index (χ0) is 13.4. The first-order chi connectivity index (χ1) is 8.71. The normalized spacial score (nSPS) is 12.9. The first kappa shape index (κ1) is 15.2. The van der Waals surface area contributed by atoms with Gasteiger partial charge in [-0.1, -0.05) is 13.8 Å². The minimum atomic E-state index is 0.488. The van der Waals surface area contributed by atoms with Gasteiger partial charge in [-0.3, -0.25) is 4.68 Å². The van der Waals surface area contributed by atoms with Crippen LogP contribution in [-0.4, -0.2) is 28.9 Å². The van der Waals surface area contributed by atoms with E-state index in [1.54, 1.807) is 0 Å². The van der Waals surface area contributed by atoms with Gasteiger partial charge < -0.3 is 10.6 Å². The highest BCUT2D eigenvalue weighted by molar-refractivity contribution is 5.10. The molecule has 0 amide bonds. The lowest BCUT2D eigenvalue weighted by molar-refractivity contribution is 0.484. The number of hydrogen-bond acceptors (Lipinski definition) is 3. The fourth-order valence-electron chi connectivity index (χ4n) is 1.95. The van der Waals surface area contributed by atoms with Crippen LogP contribution in [0.3, 0.4) is 0 Å². The number of rotatable bonds is 9. The van der Waals surface area contributed by atoms with Crippen molar-refractivity contribution in [3.05, 3.63) is 17.5 Å². The smallest absolute Gasteiger partial charge is 0.0625 e. The maximum Gasteiger partial charge on any atom is 0.0625 e. The van der Waals surface area contributed by atoms with Gasteiger partial charge in [0, 0.05) is 25.7 Å². The molecular formula is C14H28N4. The molecule has 2 N–H and O–H groups in total. The second-order valence-electron chi connectivity index (χ2n) is 4.78. The second-order valence-corrected chi connectivity index (χ2v) is 4.78. The Morgan fingerprint density at radius 2 is 2.11 bits per heavy atom. The van der Waals surface area contributed by atoms with Crippen LogP contribution in [0.5, 0.6) is 0 Å². The highest BCUT2D eigenvalue weighted by Crippen LogP contribution is 2.05. The van der Waals surface area contributed by atoms with Crippen LogP contribution in [0.15, 0.2) is 6.07 Å². The van der Waals surface area contributed by atoms with Crippen molar-refractivity contribution in [2.75, 3.05) is 13.1 Å². The van der Waals surface area contributed by atoms with Crippen molar-refractivity contribution in [3.63, 3.8) is 0 Å². The molecule has 1 aromatic heterocycles. The summed E-state index contributed by atoms with van der Waals surface area (Å²) in [6, 6.07) is 2.70. The van der Waals surface area contributed by atoms with Crippen molar-refractivity contribution in [1.82, 2.24) is 20.4 Å². The maximum atomic E-state index is 4.56. The van der Waals surface area contributed by atoms with Gasteiger partial charge in [0.1, 0.15) is 0 Å². The topological polar surface area (TPSA) is 41.9 Å². The van der Waals surface area contributed by atoms with Crippen molar-refractivity contribution in [2.45, 2.75) is 59.7 Å². The molecule has 0 saturated carbocycles. The third-order valence-electron chi connectivity index (χ3n) is 3.08. The van der Waals surface area contributed by atoms with Crippen LogP contribution in [0.4, 0.5) is 0 Å². The predicted molar refractivity (Wildman–Crippen MR) is 76.7 cm³/mol. The number of hydrogen-bond donors (Lipinski definition) is 2. The number of aromatic nitrogens is 2. The number of nitrogens with zero attached hydrogens (tertiary/aromatic N) is 2. The predicted octanol–water partition coefficient (Wildman–Crippen LogP) is 1.94. The Hall–Kier alpha value is -0.870. The molecule has 0 aliphatic carbocycles. The summed E-state index contributed by atoms with van der Waals surface area (Å²) in [4.78, 5) is 0. The molecule has 4 heteroatoms. The Balaban J connectivity index is 2.39. The Morgan fingerprint density at radius 3 is 2.72 bits per heavy atom. The van der Waals surface area contributed by atoms with Crippen LogP contribution in [0.25, 0.3) is 0 Å². The Morgan fingerprint density at radius 1 is 1.33 bits per heavy atom. The van der Waals surface area contributed by atoms with Crippen molar-refractivity contribution < 1.29 is 0 Å². The highest BCUT2D eigenvalue weighted by atomic mass is 15.3. The first-order valence-electron chi connectivity index (χ1n) is 7.20. The van der Waals surface area contributed by atoms with E-state index in [0.717, 1.165) is 32.6 Å². The van der Waals surface area contributed by atoms with E-state index in [9.17, 15) is 0 Å². The lowest BCUT2D eigenvalue weighted by Crippen LogP contribution is -2.36. The van der Waals surface area contributed by atoms with Crippen LogP contribution in [-0.2, 0) is 19.5 Å². The summed E-state index contributed by atoms with van der Waals surface area (Å²) in [5.74, 6) is 0. The molecule has 0 saturated heterocycles. The van der Waals surface area contributed by atoms with Crippen LogP contribution in [0.1, 0.15) is 45.5 Å². The fourth-order valence-corrected chi connectivity index (χ4v) is 1.95. The van der Waals surface area contributed by atoms with Crippen molar-refractivity contribution in [3.8, 4) is 0 Å². The van der Waals surface area contributed by atoms with Gasteiger partial charge in [0.15, 0.2) is 0 Å². The minimum Gasteiger partial charge on any atom is -0.315 e. The van der Waals surface area contributed by atoms with Crippen molar-refractivity contribution >= 4 is 0 Å². The van der Waals surface area contributed by atoms with Gasteiger partial charge in [-0.05, 0) is 39.3 Å². The van der Waals surface area contributed by atoms with E-state index in [2.05, 4.69) is 54.2 Å². The van der Waals surface area contributed by atoms with Gasteiger partial charge in [0.2, 0.25) is 0 Å². The molecule has 0 bridgehead atoms. The molecule has 1 unspecified atom stereocenters. The van der Waals surface area contributed by atoms with E-state index < -0.39 is 0 Å². The highest BCUT2D eigenvalue weighted by Gasteiger charge is 2.07. The molecule has 104 valence electrons. The summed E-state index contributed by atoms with van der Waals surface area (Å²) in [6.07, 6.45) is 2.20. The zero-order valence-electron chi connectivity index (χ0n) is 12.3. The first-order valence-corrected chi connectivity index (χ1v) is 7.20. The van der Waals surface area contributed by atoms with Crippen molar-refractivity contribution in [2.24, 2.45) is 0 Å². The van der Waals surface area contributed by atoms with Crippen LogP contribution in [0.2, 0.25) is 0 Å². The van der Waals surface area contributed by atoms with Crippen LogP contribution >= 0.6 is 0 Å². The fraction of sp³-hybridized carbons (Fsp3) is 0.786. The molecule has 1 rings (SSSR count). The van der Waals surface area contributed by atoms with E-state index in [0.29, 0.717) is 6.04 Å². The SMILES string of the molecule is CCCNCC(C)NCc1cc(CC)nn1CC. The third kappa shape index (κ3) is 4.78. The minimum absolute atomic E-state index is 0.488. The summed E-state index contributed by atoms with van der Waals surface area (Å²) in [6.45, 7) is 12.7. The average molecular weight is 252 g/mol.